The molecule has 0 amide bonds. The van der Waals surface area contributed by atoms with E-state index in [4.69, 9.17) is 34.8 Å². The number of halogens is 3. The van der Waals surface area contributed by atoms with Crippen LogP contribution in [0.25, 0.3) is 0 Å². The Morgan fingerprint density at radius 3 is 2.31 bits per heavy atom. The van der Waals surface area contributed by atoms with Crippen molar-refractivity contribution in [3.63, 3.8) is 0 Å². The summed E-state index contributed by atoms with van der Waals surface area (Å²) in [5.41, 5.74) is 0. The molecule has 16 heavy (non-hydrogen) atoms. The molecule has 4 atom stereocenters. The lowest BCUT2D eigenvalue weighted by Gasteiger charge is -2.24. The van der Waals surface area contributed by atoms with Crippen LogP contribution in [0.5, 0.6) is 0 Å². The molecule has 0 radical (unpaired) electrons. The van der Waals surface area contributed by atoms with E-state index in [1.165, 1.54) is 0 Å². The smallest absolute Gasteiger partial charge is 0.135 e. The molecule has 0 saturated carbocycles. The van der Waals surface area contributed by atoms with Crippen molar-refractivity contribution in [1.29, 1.82) is 0 Å². The molecule has 0 bridgehead atoms. The molecule has 1 fully saturated rings. The quantitative estimate of drug-likeness (QED) is 0.568. The predicted molar refractivity (Wildman–Crippen MR) is 72.1 cm³/mol. The molecule has 1 aromatic rings. The van der Waals surface area contributed by atoms with Crippen LogP contribution < -0.4 is 5.30 Å². The Hall–Kier alpha value is 0.320. The fourth-order valence-corrected chi connectivity index (χ4v) is 7.45. The first-order valence-electron chi connectivity index (χ1n) is 5.00. The molecule has 1 heterocycles. The summed E-state index contributed by atoms with van der Waals surface area (Å²) < 4.78 is 12.9. The van der Waals surface area contributed by atoms with Crippen molar-refractivity contribution in [2.45, 2.75) is 22.3 Å². The van der Waals surface area contributed by atoms with Crippen molar-refractivity contribution in [3.8, 4) is 0 Å². The van der Waals surface area contributed by atoms with E-state index in [9.17, 15) is 4.57 Å². The molecule has 2 rings (SSSR count). The van der Waals surface area contributed by atoms with E-state index in [1.54, 1.807) is 6.92 Å². The van der Waals surface area contributed by atoms with Crippen LogP contribution in [-0.2, 0) is 4.57 Å². The Morgan fingerprint density at radius 2 is 1.88 bits per heavy atom. The Labute approximate surface area is 110 Å². The van der Waals surface area contributed by atoms with Gasteiger partial charge in [-0.2, -0.15) is 0 Å². The van der Waals surface area contributed by atoms with Gasteiger partial charge in [0.05, 0.1) is 10.3 Å². The molecule has 0 aromatic heterocycles. The molecule has 1 aromatic carbocycles. The summed E-state index contributed by atoms with van der Waals surface area (Å²) in [6.45, 7) is 1.76. The van der Waals surface area contributed by atoms with Gasteiger partial charge in [0.15, 0.2) is 0 Å². The molecule has 0 N–H and O–H groups in total. The summed E-state index contributed by atoms with van der Waals surface area (Å²) in [5, 5.41) is -0.195. The van der Waals surface area contributed by atoms with E-state index in [-0.39, 0.29) is 5.38 Å². The fourth-order valence-electron chi connectivity index (χ4n) is 1.98. The molecule has 1 nitrogen and oxygen atoms in total. The third-order valence-electron chi connectivity index (χ3n) is 3.07. The largest absolute Gasteiger partial charge is 0.317 e. The highest BCUT2D eigenvalue weighted by molar-refractivity contribution is 7.74. The van der Waals surface area contributed by atoms with Crippen LogP contribution in [0.1, 0.15) is 6.92 Å². The van der Waals surface area contributed by atoms with E-state index in [0.717, 1.165) is 5.30 Å². The molecule has 0 spiro atoms. The van der Waals surface area contributed by atoms with Gasteiger partial charge in [0.2, 0.25) is 0 Å². The maximum Gasteiger partial charge on any atom is 0.135 e. The maximum absolute atomic E-state index is 12.9. The average molecular weight is 298 g/mol. The van der Waals surface area contributed by atoms with Gasteiger partial charge in [-0.1, -0.05) is 30.3 Å². The van der Waals surface area contributed by atoms with Crippen LogP contribution in [0.2, 0.25) is 0 Å². The Balaban J connectivity index is 2.47. The second kappa shape index (κ2) is 4.21. The van der Waals surface area contributed by atoms with Gasteiger partial charge in [-0.05, 0) is 6.92 Å². The Bertz CT molecular complexity index is 432. The summed E-state index contributed by atoms with van der Waals surface area (Å²) in [5.74, 6) is 0. The third kappa shape index (κ3) is 1.82. The minimum atomic E-state index is -2.69. The Kier molecular flexibility index (Phi) is 3.36. The lowest BCUT2D eigenvalue weighted by Crippen LogP contribution is -2.32. The average Bonchev–Trinajstić information content (AvgIpc) is 2.42. The van der Waals surface area contributed by atoms with Crippen molar-refractivity contribution in [1.82, 2.24) is 0 Å². The van der Waals surface area contributed by atoms with Crippen LogP contribution in [0.15, 0.2) is 30.3 Å². The highest BCUT2D eigenvalue weighted by Gasteiger charge is 2.56. The van der Waals surface area contributed by atoms with Gasteiger partial charge in [0.1, 0.15) is 12.3 Å². The zero-order valence-corrected chi connectivity index (χ0v) is 11.9. The lowest BCUT2D eigenvalue weighted by atomic mass is 10.1. The van der Waals surface area contributed by atoms with E-state index in [0.29, 0.717) is 6.16 Å². The standard InChI is InChI=1S/C11H12Cl3OP/c1-11(14)9(12)7-16(15,10(11)13)8-5-3-2-4-6-8/h2-6,9-10H,7H2,1H3. The van der Waals surface area contributed by atoms with E-state index in [1.807, 2.05) is 30.3 Å². The van der Waals surface area contributed by atoms with Crippen molar-refractivity contribution in [3.05, 3.63) is 30.3 Å². The van der Waals surface area contributed by atoms with E-state index >= 15 is 0 Å². The van der Waals surface area contributed by atoms with Crippen LogP contribution in [0, 0.1) is 0 Å². The Morgan fingerprint density at radius 1 is 1.31 bits per heavy atom. The van der Waals surface area contributed by atoms with Gasteiger partial charge >= 0.3 is 0 Å². The van der Waals surface area contributed by atoms with Crippen LogP contribution in [0.3, 0.4) is 0 Å². The molecule has 1 aliphatic heterocycles. The summed E-state index contributed by atoms with van der Waals surface area (Å²) in [6, 6.07) is 9.25. The summed E-state index contributed by atoms with van der Waals surface area (Å²) >= 11 is 18.7. The first-order valence-corrected chi connectivity index (χ1v) is 8.21. The van der Waals surface area contributed by atoms with Crippen molar-refractivity contribution in [2.24, 2.45) is 0 Å². The number of benzene rings is 1. The SMILES string of the molecule is CC1(Cl)C(Cl)CP(=O)(c2ccccc2)C1Cl. The van der Waals surface area contributed by atoms with E-state index in [2.05, 4.69) is 0 Å². The molecule has 0 aliphatic carbocycles. The molecule has 1 saturated heterocycles. The summed E-state index contributed by atoms with van der Waals surface area (Å²) in [7, 11) is -2.69. The van der Waals surface area contributed by atoms with E-state index < -0.39 is 17.1 Å². The minimum absolute atomic E-state index is 0.359. The predicted octanol–water partition coefficient (Wildman–Crippen LogP) is 3.86. The second-order valence-electron chi connectivity index (χ2n) is 4.27. The van der Waals surface area contributed by atoms with Gasteiger partial charge in [-0.15, -0.1) is 34.8 Å². The molecule has 4 unspecified atom stereocenters. The van der Waals surface area contributed by atoms with Gasteiger partial charge in [0, 0.05) is 11.5 Å². The molecule has 88 valence electrons. The van der Waals surface area contributed by atoms with Gasteiger partial charge in [-0.3, -0.25) is 0 Å². The van der Waals surface area contributed by atoms with Crippen molar-refractivity contribution < 1.29 is 4.57 Å². The molecule has 5 heteroatoms. The second-order valence-corrected chi connectivity index (χ2v) is 9.34. The first-order chi connectivity index (χ1) is 7.39. The highest BCUT2D eigenvalue weighted by Crippen LogP contribution is 2.65. The summed E-state index contributed by atoms with van der Waals surface area (Å²) in [6.07, 6.45) is 0.368. The number of hydrogen-bond acceptors (Lipinski definition) is 1. The van der Waals surface area contributed by atoms with Gasteiger partial charge in [0.25, 0.3) is 0 Å². The number of alkyl halides is 3. The number of hydrogen-bond donors (Lipinski definition) is 0. The van der Waals surface area contributed by atoms with Crippen molar-refractivity contribution >= 4 is 47.2 Å². The van der Waals surface area contributed by atoms with Gasteiger partial charge in [-0.25, -0.2) is 0 Å². The molecular formula is C11H12Cl3OP. The van der Waals surface area contributed by atoms with Crippen LogP contribution in [-0.4, -0.2) is 21.5 Å². The number of rotatable bonds is 1. The van der Waals surface area contributed by atoms with Crippen molar-refractivity contribution in [2.75, 3.05) is 6.16 Å². The van der Waals surface area contributed by atoms with Gasteiger partial charge < -0.3 is 4.57 Å². The normalized spacial score (nSPS) is 43.5. The molecular weight excluding hydrogens is 285 g/mol. The maximum atomic E-state index is 12.9. The third-order valence-corrected chi connectivity index (χ3v) is 9.50. The highest BCUT2D eigenvalue weighted by atomic mass is 35.5. The lowest BCUT2D eigenvalue weighted by molar-refractivity contribution is 0.581. The zero-order chi connectivity index (χ0) is 12.0. The first kappa shape index (κ1) is 12.8. The monoisotopic (exact) mass is 296 g/mol. The topological polar surface area (TPSA) is 17.1 Å². The zero-order valence-electron chi connectivity index (χ0n) is 8.74. The van der Waals surface area contributed by atoms with Crippen LogP contribution >= 0.6 is 41.9 Å². The molecule has 1 aliphatic rings. The minimum Gasteiger partial charge on any atom is -0.317 e. The van der Waals surface area contributed by atoms with Crippen LogP contribution in [0.4, 0.5) is 0 Å². The fraction of sp³-hybridized carbons (Fsp3) is 0.455. The summed E-state index contributed by atoms with van der Waals surface area (Å²) in [4.78, 5) is -0.811.